The van der Waals surface area contributed by atoms with Crippen molar-refractivity contribution in [2.24, 2.45) is 0 Å². The van der Waals surface area contributed by atoms with E-state index in [1.54, 1.807) is 20.8 Å². The summed E-state index contributed by atoms with van der Waals surface area (Å²) in [6.45, 7) is 6.09. The number of fused-ring (bicyclic) bond motifs is 3. The second kappa shape index (κ2) is 14.5. The normalized spacial score (nSPS) is 12.9. The van der Waals surface area contributed by atoms with Crippen molar-refractivity contribution >= 4 is 18.2 Å². The summed E-state index contributed by atoms with van der Waals surface area (Å²) in [4.78, 5) is 37.6. The van der Waals surface area contributed by atoms with Crippen molar-refractivity contribution in [1.29, 1.82) is 0 Å². The maximum atomic E-state index is 13.0. The topological polar surface area (TPSA) is 103 Å². The lowest BCUT2D eigenvalue weighted by Crippen LogP contribution is -2.42. The minimum atomic E-state index is -0.879. The number of amides is 2. The molecule has 0 heterocycles. The number of carbonyl (C=O) groups excluding carboxylic acids is 3. The van der Waals surface area contributed by atoms with Crippen LogP contribution in [0.2, 0.25) is 0 Å². The van der Waals surface area contributed by atoms with Crippen LogP contribution in [0.15, 0.2) is 78.9 Å². The standard InChI is InChI=1S/C34H40N2O6/c1-34(2,3)42-32(38)35-21-12-11-19-30(31(37)41-23-24-13-5-4-6-14-24)36-33(39)40-22-20-29-27-17-9-7-15-25(27)26-16-8-10-18-28(26)29/h4-10,13-18,29-30H,11-12,19-23H2,1-3H3,(H,35,38)(H,36,39). The minimum absolute atomic E-state index is 0.105. The van der Waals surface area contributed by atoms with Crippen LogP contribution in [0.25, 0.3) is 11.1 Å². The second-order valence-corrected chi connectivity index (χ2v) is 11.4. The SMILES string of the molecule is CC(C)(C)OC(=O)NCCCCC(NC(=O)OCCC1c2ccccc2-c2ccccc21)C(=O)OCc1ccccc1. The monoisotopic (exact) mass is 572 g/mol. The fraction of sp³-hybridized carbons (Fsp3) is 0.382. The summed E-state index contributed by atoms with van der Waals surface area (Å²) in [7, 11) is 0. The first-order chi connectivity index (χ1) is 20.2. The van der Waals surface area contributed by atoms with Gasteiger partial charge in [0.25, 0.3) is 0 Å². The highest BCUT2D eigenvalue weighted by Gasteiger charge is 2.28. The van der Waals surface area contributed by atoms with Gasteiger partial charge in [-0.2, -0.15) is 0 Å². The van der Waals surface area contributed by atoms with Crippen LogP contribution in [-0.2, 0) is 25.6 Å². The molecule has 0 fully saturated rings. The highest BCUT2D eigenvalue weighted by molar-refractivity contribution is 5.81. The second-order valence-electron chi connectivity index (χ2n) is 11.4. The number of unbranched alkanes of at least 4 members (excludes halogenated alkanes) is 1. The van der Waals surface area contributed by atoms with Gasteiger partial charge < -0.3 is 24.8 Å². The van der Waals surface area contributed by atoms with E-state index in [0.717, 1.165) is 5.56 Å². The van der Waals surface area contributed by atoms with Gasteiger partial charge in [0, 0.05) is 12.5 Å². The first-order valence-electron chi connectivity index (χ1n) is 14.5. The first kappa shape index (κ1) is 30.6. The number of rotatable bonds is 12. The van der Waals surface area contributed by atoms with Gasteiger partial charge in [0.05, 0.1) is 6.61 Å². The van der Waals surface area contributed by atoms with Gasteiger partial charge in [-0.3, -0.25) is 0 Å². The van der Waals surface area contributed by atoms with E-state index in [1.165, 1.54) is 22.3 Å². The number of carbonyl (C=O) groups is 3. The Morgan fingerprint density at radius 3 is 2.05 bits per heavy atom. The van der Waals surface area contributed by atoms with Crippen molar-refractivity contribution in [3.63, 3.8) is 0 Å². The molecule has 0 saturated heterocycles. The van der Waals surface area contributed by atoms with Crippen molar-refractivity contribution < 1.29 is 28.6 Å². The third-order valence-electron chi connectivity index (χ3n) is 6.99. The highest BCUT2D eigenvalue weighted by Crippen LogP contribution is 2.45. The van der Waals surface area contributed by atoms with E-state index >= 15 is 0 Å². The number of hydrogen-bond acceptors (Lipinski definition) is 6. The molecule has 8 heteroatoms. The Labute approximate surface area is 247 Å². The zero-order valence-corrected chi connectivity index (χ0v) is 24.6. The molecule has 8 nitrogen and oxygen atoms in total. The Kier molecular flexibility index (Phi) is 10.6. The van der Waals surface area contributed by atoms with Crippen LogP contribution in [0.4, 0.5) is 9.59 Å². The quantitative estimate of drug-likeness (QED) is 0.142. The number of nitrogens with one attached hydrogen (secondary N) is 2. The minimum Gasteiger partial charge on any atom is -0.459 e. The average Bonchev–Trinajstić information content (AvgIpc) is 3.28. The molecule has 42 heavy (non-hydrogen) atoms. The fourth-order valence-electron chi connectivity index (χ4n) is 5.08. The molecular weight excluding hydrogens is 532 g/mol. The van der Waals surface area contributed by atoms with Crippen molar-refractivity contribution in [3.05, 3.63) is 95.6 Å². The predicted molar refractivity (Wildman–Crippen MR) is 161 cm³/mol. The van der Waals surface area contributed by atoms with Gasteiger partial charge >= 0.3 is 18.2 Å². The molecule has 0 bridgehead atoms. The fourth-order valence-corrected chi connectivity index (χ4v) is 5.08. The van der Waals surface area contributed by atoms with Gasteiger partial charge in [0.2, 0.25) is 0 Å². The molecule has 222 valence electrons. The van der Waals surface area contributed by atoms with Crippen LogP contribution in [0, 0.1) is 0 Å². The lowest BCUT2D eigenvalue weighted by Gasteiger charge is -2.20. The Balaban J connectivity index is 1.28. The molecule has 1 aliphatic rings. The number of esters is 1. The maximum absolute atomic E-state index is 13.0. The van der Waals surface area contributed by atoms with Gasteiger partial charge in [-0.15, -0.1) is 0 Å². The lowest BCUT2D eigenvalue weighted by atomic mass is 9.94. The van der Waals surface area contributed by atoms with Crippen molar-refractivity contribution in [2.45, 2.75) is 70.6 Å². The Bertz CT molecular complexity index is 1310. The maximum Gasteiger partial charge on any atom is 0.407 e. The molecule has 1 atom stereocenters. The molecule has 0 radical (unpaired) electrons. The van der Waals surface area contributed by atoms with Crippen LogP contribution in [0.1, 0.15) is 69.1 Å². The highest BCUT2D eigenvalue weighted by atomic mass is 16.6. The lowest BCUT2D eigenvalue weighted by molar-refractivity contribution is -0.147. The molecule has 0 aliphatic heterocycles. The first-order valence-corrected chi connectivity index (χ1v) is 14.5. The summed E-state index contributed by atoms with van der Waals surface area (Å²) in [5, 5.41) is 5.41. The molecule has 2 N–H and O–H groups in total. The van der Waals surface area contributed by atoms with Crippen LogP contribution < -0.4 is 10.6 Å². The van der Waals surface area contributed by atoms with Crippen LogP contribution in [0.5, 0.6) is 0 Å². The molecule has 0 spiro atoms. The van der Waals surface area contributed by atoms with Gasteiger partial charge in [-0.25, -0.2) is 14.4 Å². The van der Waals surface area contributed by atoms with Crippen molar-refractivity contribution in [3.8, 4) is 11.1 Å². The summed E-state index contributed by atoms with van der Waals surface area (Å²) >= 11 is 0. The molecule has 3 aromatic carbocycles. The predicted octanol–water partition coefficient (Wildman–Crippen LogP) is 6.72. The van der Waals surface area contributed by atoms with E-state index in [9.17, 15) is 14.4 Å². The third kappa shape index (κ3) is 8.83. The molecule has 1 unspecified atom stereocenters. The smallest absolute Gasteiger partial charge is 0.407 e. The summed E-state index contributed by atoms with van der Waals surface area (Å²) in [6, 6.07) is 25.1. The van der Waals surface area contributed by atoms with E-state index in [4.69, 9.17) is 14.2 Å². The molecule has 3 aromatic rings. The number of benzene rings is 3. The van der Waals surface area contributed by atoms with Crippen molar-refractivity contribution in [1.82, 2.24) is 10.6 Å². The molecule has 1 aliphatic carbocycles. The van der Waals surface area contributed by atoms with Crippen LogP contribution >= 0.6 is 0 Å². The number of alkyl carbamates (subject to hydrolysis) is 2. The average molecular weight is 573 g/mol. The van der Waals surface area contributed by atoms with E-state index in [0.29, 0.717) is 32.2 Å². The van der Waals surface area contributed by atoms with Crippen LogP contribution in [-0.4, -0.2) is 43.0 Å². The Morgan fingerprint density at radius 1 is 0.786 bits per heavy atom. The van der Waals surface area contributed by atoms with E-state index in [-0.39, 0.29) is 19.1 Å². The Hall–Kier alpha value is -4.33. The number of hydrogen-bond donors (Lipinski definition) is 2. The molecule has 2 amide bonds. The van der Waals surface area contributed by atoms with Crippen molar-refractivity contribution in [2.75, 3.05) is 13.2 Å². The van der Waals surface area contributed by atoms with E-state index in [1.807, 2.05) is 54.6 Å². The third-order valence-corrected chi connectivity index (χ3v) is 6.99. The zero-order valence-electron chi connectivity index (χ0n) is 24.6. The number of ether oxygens (including phenoxy) is 3. The summed E-state index contributed by atoms with van der Waals surface area (Å²) in [6.07, 6.45) is 0.970. The van der Waals surface area contributed by atoms with E-state index < -0.39 is 29.8 Å². The summed E-state index contributed by atoms with van der Waals surface area (Å²) in [5.41, 5.74) is 5.16. The molecule has 4 rings (SSSR count). The Morgan fingerprint density at radius 2 is 1.40 bits per heavy atom. The molecular formula is C34H40N2O6. The van der Waals surface area contributed by atoms with Gasteiger partial charge in [0.15, 0.2) is 0 Å². The van der Waals surface area contributed by atoms with E-state index in [2.05, 4.69) is 34.9 Å². The summed E-state index contributed by atoms with van der Waals surface area (Å²) in [5.74, 6) is -0.399. The zero-order chi connectivity index (χ0) is 30.0. The van der Waals surface area contributed by atoms with Gasteiger partial charge in [0.1, 0.15) is 18.2 Å². The molecule has 0 saturated carbocycles. The van der Waals surface area contributed by atoms with Gasteiger partial charge in [-0.05, 0) is 74.3 Å². The molecule has 0 aromatic heterocycles. The van der Waals surface area contributed by atoms with Gasteiger partial charge in [-0.1, -0.05) is 78.9 Å². The van der Waals surface area contributed by atoms with Crippen LogP contribution in [0.3, 0.4) is 0 Å². The largest absolute Gasteiger partial charge is 0.459 e. The summed E-state index contributed by atoms with van der Waals surface area (Å²) < 4.78 is 16.3.